The smallest absolute Gasteiger partial charge is 0.224 e. The minimum atomic E-state index is -0.128. The topological polar surface area (TPSA) is 71.5 Å². The molecule has 116 valence electrons. The minimum absolute atomic E-state index is 0.100. The molecule has 22 heavy (non-hydrogen) atoms. The van der Waals surface area contributed by atoms with Crippen molar-refractivity contribution in [2.75, 3.05) is 11.9 Å². The summed E-state index contributed by atoms with van der Waals surface area (Å²) in [5, 5.41) is 12.0. The predicted octanol–water partition coefficient (Wildman–Crippen LogP) is 2.54. The Morgan fingerprint density at radius 2 is 2.05 bits per heavy atom. The molecule has 2 rings (SSSR count). The van der Waals surface area contributed by atoms with Crippen LogP contribution >= 0.6 is 0 Å². The molecule has 5 nitrogen and oxygen atoms in total. The third-order valence-corrected chi connectivity index (χ3v) is 3.23. The number of aryl methyl sites for hydroxylation is 1. The van der Waals surface area contributed by atoms with Gasteiger partial charge >= 0.3 is 0 Å². The van der Waals surface area contributed by atoms with Crippen molar-refractivity contribution in [1.82, 2.24) is 4.98 Å². The van der Waals surface area contributed by atoms with E-state index < -0.39 is 0 Å². The van der Waals surface area contributed by atoms with Crippen molar-refractivity contribution >= 4 is 11.6 Å². The Balaban J connectivity index is 1.87. The second-order valence-electron chi connectivity index (χ2n) is 4.82. The van der Waals surface area contributed by atoms with Gasteiger partial charge in [-0.1, -0.05) is 12.1 Å². The molecule has 1 heterocycles. The molecule has 0 bridgehead atoms. The Bertz CT molecular complexity index is 612. The molecule has 1 amide bonds. The molecular weight excluding hydrogens is 280 g/mol. The van der Waals surface area contributed by atoms with E-state index in [1.165, 1.54) is 0 Å². The van der Waals surface area contributed by atoms with Crippen LogP contribution in [0.3, 0.4) is 0 Å². The van der Waals surface area contributed by atoms with Crippen LogP contribution in [0.2, 0.25) is 0 Å². The summed E-state index contributed by atoms with van der Waals surface area (Å²) in [6, 6.07) is 9.41. The number of aliphatic hydroxyl groups is 1. The van der Waals surface area contributed by atoms with Crippen molar-refractivity contribution in [2.24, 2.45) is 0 Å². The molecule has 2 aromatic rings. The molecule has 1 aromatic heterocycles. The van der Waals surface area contributed by atoms with Gasteiger partial charge in [-0.15, -0.1) is 0 Å². The van der Waals surface area contributed by atoms with Crippen LogP contribution in [0.4, 0.5) is 5.69 Å². The first-order valence-electron chi connectivity index (χ1n) is 7.28. The summed E-state index contributed by atoms with van der Waals surface area (Å²) in [6.45, 7) is 2.45. The fourth-order valence-electron chi connectivity index (χ4n) is 2.06. The molecule has 0 saturated carbocycles. The maximum Gasteiger partial charge on any atom is 0.224 e. The van der Waals surface area contributed by atoms with Crippen molar-refractivity contribution in [1.29, 1.82) is 0 Å². The Morgan fingerprint density at radius 3 is 2.73 bits per heavy atom. The first-order valence-corrected chi connectivity index (χ1v) is 7.28. The molecule has 0 atom stereocenters. The van der Waals surface area contributed by atoms with Gasteiger partial charge in [-0.2, -0.15) is 0 Å². The van der Waals surface area contributed by atoms with E-state index >= 15 is 0 Å². The number of hydrogen-bond acceptors (Lipinski definition) is 4. The van der Waals surface area contributed by atoms with Crippen LogP contribution in [0.5, 0.6) is 5.75 Å². The van der Waals surface area contributed by atoms with Gasteiger partial charge < -0.3 is 15.2 Å². The lowest BCUT2D eigenvalue weighted by atomic mass is 10.1. The van der Waals surface area contributed by atoms with E-state index in [4.69, 9.17) is 4.74 Å². The molecule has 5 heteroatoms. The van der Waals surface area contributed by atoms with E-state index in [9.17, 15) is 9.90 Å². The Hall–Kier alpha value is -2.40. The zero-order chi connectivity index (χ0) is 15.8. The molecule has 1 aromatic carbocycles. The summed E-state index contributed by atoms with van der Waals surface area (Å²) < 4.78 is 5.38. The number of carbonyl (C=O) groups is 1. The van der Waals surface area contributed by atoms with E-state index in [1.54, 1.807) is 18.5 Å². The third kappa shape index (κ3) is 4.56. The summed E-state index contributed by atoms with van der Waals surface area (Å²) in [7, 11) is 0. The number of aliphatic hydroxyl groups excluding tert-OH is 1. The lowest BCUT2D eigenvalue weighted by molar-refractivity contribution is -0.116. The van der Waals surface area contributed by atoms with Crippen LogP contribution in [0.1, 0.15) is 24.5 Å². The number of pyridine rings is 1. The minimum Gasteiger partial charge on any atom is -0.494 e. The van der Waals surface area contributed by atoms with Crippen molar-refractivity contribution in [2.45, 2.75) is 26.4 Å². The maximum absolute atomic E-state index is 12.0. The predicted molar refractivity (Wildman–Crippen MR) is 84.7 cm³/mol. The zero-order valence-corrected chi connectivity index (χ0v) is 12.6. The van der Waals surface area contributed by atoms with Gasteiger partial charge in [0.05, 0.1) is 25.1 Å². The van der Waals surface area contributed by atoms with E-state index in [1.807, 2.05) is 31.2 Å². The second-order valence-corrected chi connectivity index (χ2v) is 4.82. The van der Waals surface area contributed by atoms with Gasteiger partial charge in [0.2, 0.25) is 5.91 Å². The molecule has 0 aliphatic rings. The van der Waals surface area contributed by atoms with Gasteiger partial charge in [0.1, 0.15) is 5.75 Å². The van der Waals surface area contributed by atoms with Crippen LogP contribution in [0.15, 0.2) is 42.7 Å². The number of hydrogen-bond donors (Lipinski definition) is 2. The monoisotopic (exact) mass is 300 g/mol. The molecule has 0 spiro atoms. The van der Waals surface area contributed by atoms with Crippen LogP contribution in [0.25, 0.3) is 0 Å². The number of ether oxygens (including phenoxy) is 1. The largest absolute Gasteiger partial charge is 0.494 e. The summed E-state index contributed by atoms with van der Waals surface area (Å²) in [6.07, 6.45) is 4.14. The summed E-state index contributed by atoms with van der Waals surface area (Å²) in [5.41, 5.74) is 2.29. The average Bonchev–Trinajstić information content (AvgIpc) is 2.55. The summed E-state index contributed by atoms with van der Waals surface area (Å²) >= 11 is 0. The lowest BCUT2D eigenvalue weighted by Crippen LogP contribution is -2.14. The first-order chi connectivity index (χ1) is 10.7. The number of benzene rings is 1. The van der Waals surface area contributed by atoms with Gasteiger partial charge in [-0.3, -0.25) is 9.78 Å². The highest BCUT2D eigenvalue weighted by Gasteiger charge is 2.07. The number of anilines is 1. The lowest BCUT2D eigenvalue weighted by Gasteiger charge is -2.09. The van der Waals surface area contributed by atoms with Crippen molar-refractivity contribution in [3.63, 3.8) is 0 Å². The van der Waals surface area contributed by atoms with Crippen LogP contribution in [0, 0.1) is 0 Å². The highest BCUT2D eigenvalue weighted by Crippen LogP contribution is 2.15. The Morgan fingerprint density at radius 1 is 1.27 bits per heavy atom. The Labute approximate surface area is 130 Å². The standard InChI is InChI=1S/C17H20N2O3/c1-2-22-15-6-3-13(4-7-15)5-8-17(21)19-16-11-18-10-9-14(16)12-20/h3-4,6-7,9-11,20H,2,5,8,12H2,1H3,(H,19,21). The van der Waals surface area contributed by atoms with Crippen molar-refractivity contribution in [3.05, 3.63) is 53.9 Å². The van der Waals surface area contributed by atoms with E-state index in [0.29, 0.717) is 30.7 Å². The summed E-state index contributed by atoms with van der Waals surface area (Å²) in [5.74, 6) is 0.732. The van der Waals surface area contributed by atoms with Crippen LogP contribution < -0.4 is 10.1 Å². The molecule has 0 aliphatic carbocycles. The number of nitrogens with zero attached hydrogens (tertiary/aromatic N) is 1. The van der Waals surface area contributed by atoms with Crippen molar-refractivity contribution < 1.29 is 14.6 Å². The van der Waals surface area contributed by atoms with E-state index in [2.05, 4.69) is 10.3 Å². The highest BCUT2D eigenvalue weighted by molar-refractivity contribution is 5.91. The van der Waals surface area contributed by atoms with Gasteiger partial charge in [0.25, 0.3) is 0 Å². The molecule has 2 N–H and O–H groups in total. The molecule has 0 fully saturated rings. The summed E-state index contributed by atoms with van der Waals surface area (Å²) in [4.78, 5) is 15.9. The van der Waals surface area contributed by atoms with Crippen molar-refractivity contribution in [3.8, 4) is 5.75 Å². The maximum atomic E-state index is 12.0. The van der Waals surface area contributed by atoms with Gasteiger partial charge in [-0.25, -0.2) is 0 Å². The first kappa shape index (κ1) is 16.0. The fourth-order valence-corrected chi connectivity index (χ4v) is 2.06. The molecule has 0 radical (unpaired) electrons. The molecule has 0 saturated heterocycles. The molecular formula is C17H20N2O3. The third-order valence-electron chi connectivity index (χ3n) is 3.23. The molecule has 0 aliphatic heterocycles. The zero-order valence-electron chi connectivity index (χ0n) is 12.6. The van der Waals surface area contributed by atoms with Crippen LogP contribution in [-0.2, 0) is 17.8 Å². The Kier molecular flexibility index (Phi) is 5.91. The van der Waals surface area contributed by atoms with Gasteiger partial charge in [0, 0.05) is 18.2 Å². The number of rotatable bonds is 7. The highest BCUT2D eigenvalue weighted by atomic mass is 16.5. The van der Waals surface area contributed by atoms with Gasteiger partial charge in [0.15, 0.2) is 0 Å². The van der Waals surface area contributed by atoms with Crippen LogP contribution in [-0.4, -0.2) is 22.6 Å². The van der Waals surface area contributed by atoms with Gasteiger partial charge in [-0.05, 0) is 37.1 Å². The van der Waals surface area contributed by atoms with E-state index in [-0.39, 0.29) is 12.5 Å². The average molecular weight is 300 g/mol. The number of amides is 1. The number of carbonyl (C=O) groups excluding carboxylic acids is 1. The normalized spacial score (nSPS) is 10.3. The number of nitrogens with one attached hydrogen (secondary N) is 1. The quantitative estimate of drug-likeness (QED) is 0.824. The second kappa shape index (κ2) is 8.14. The number of aromatic nitrogens is 1. The molecule has 0 unspecified atom stereocenters. The van der Waals surface area contributed by atoms with E-state index in [0.717, 1.165) is 11.3 Å². The fraction of sp³-hybridized carbons (Fsp3) is 0.294. The SMILES string of the molecule is CCOc1ccc(CCC(=O)Nc2cnccc2CO)cc1.